The van der Waals surface area contributed by atoms with Crippen LogP contribution < -0.4 is 0 Å². The second kappa shape index (κ2) is 2.64. The standard InChI is InChI=1S/C6H9N2O/c1-2-5(9)6-7-3-4-8-6/h3-5H,2H2,1H3,(H,7,8). The third-order valence-electron chi connectivity index (χ3n) is 1.20. The lowest BCUT2D eigenvalue weighted by Gasteiger charge is -1.97. The van der Waals surface area contributed by atoms with Gasteiger partial charge in [-0.2, -0.15) is 0 Å². The zero-order chi connectivity index (χ0) is 6.69. The molecule has 1 unspecified atom stereocenters. The molecule has 1 rings (SSSR count). The first-order chi connectivity index (χ1) is 4.34. The molecule has 0 fully saturated rings. The second-order valence-electron chi connectivity index (χ2n) is 1.87. The average molecular weight is 125 g/mol. The van der Waals surface area contributed by atoms with Crippen LogP contribution in [-0.4, -0.2) is 9.97 Å². The third kappa shape index (κ3) is 1.29. The highest BCUT2D eigenvalue weighted by Crippen LogP contribution is 2.09. The number of rotatable bonds is 2. The summed E-state index contributed by atoms with van der Waals surface area (Å²) in [6.45, 7) is 1.85. The van der Waals surface area contributed by atoms with Crippen LogP contribution in [0.3, 0.4) is 0 Å². The molecule has 3 heteroatoms. The number of aromatic nitrogens is 2. The normalized spacial score (nSPS) is 13.6. The lowest BCUT2D eigenvalue weighted by molar-refractivity contribution is 0.0786. The first-order valence-corrected chi connectivity index (χ1v) is 2.99. The summed E-state index contributed by atoms with van der Waals surface area (Å²) < 4.78 is 0. The van der Waals surface area contributed by atoms with Crippen LogP contribution >= 0.6 is 0 Å². The van der Waals surface area contributed by atoms with Gasteiger partial charge in [-0.3, -0.25) is 0 Å². The van der Waals surface area contributed by atoms with Crippen molar-refractivity contribution in [3.63, 3.8) is 0 Å². The first kappa shape index (κ1) is 6.29. The number of aromatic amines is 1. The topological polar surface area (TPSA) is 48.6 Å². The van der Waals surface area contributed by atoms with Gasteiger partial charge in [0.25, 0.3) is 0 Å². The molecule has 49 valence electrons. The maximum Gasteiger partial charge on any atom is 0.150 e. The largest absolute Gasteiger partial charge is 0.346 e. The lowest BCUT2D eigenvalue weighted by Crippen LogP contribution is -1.94. The van der Waals surface area contributed by atoms with E-state index < -0.39 is 6.10 Å². The summed E-state index contributed by atoms with van der Waals surface area (Å²) in [6, 6.07) is 0. The van der Waals surface area contributed by atoms with Crippen molar-refractivity contribution in [2.45, 2.75) is 19.4 Å². The molecule has 1 aromatic heterocycles. The van der Waals surface area contributed by atoms with Gasteiger partial charge in [-0.1, -0.05) is 6.92 Å². The maximum atomic E-state index is 10.9. The van der Waals surface area contributed by atoms with Gasteiger partial charge in [-0.15, -0.1) is 0 Å². The van der Waals surface area contributed by atoms with Crippen molar-refractivity contribution in [1.29, 1.82) is 0 Å². The van der Waals surface area contributed by atoms with Gasteiger partial charge in [0.05, 0.1) is 0 Å². The highest BCUT2D eigenvalue weighted by atomic mass is 16.3. The van der Waals surface area contributed by atoms with Gasteiger partial charge in [0, 0.05) is 12.4 Å². The van der Waals surface area contributed by atoms with Crippen molar-refractivity contribution in [3.8, 4) is 0 Å². The van der Waals surface area contributed by atoms with Crippen molar-refractivity contribution >= 4 is 0 Å². The minimum atomic E-state index is -0.681. The number of hydrogen-bond acceptors (Lipinski definition) is 1. The van der Waals surface area contributed by atoms with Crippen LogP contribution in [0.1, 0.15) is 25.3 Å². The Labute approximate surface area is 53.7 Å². The lowest BCUT2D eigenvalue weighted by atomic mass is 10.3. The van der Waals surface area contributed by atoms with E-state index in [4.69, 9.17) is 0 Å². The summed E-state index contributed by atoms with van der Waals surface area (Å²) in [5, 5.41) is 10.9. The Kier molecular flexibility index (Phi) is 1.85. The maximum absolute atomic E-state index is 10.9. The molecule has 0 aliphatic carbocycles. The average Bonchev–Trinajstić information content (AvgIpc) is 2.37. The Morgan fingerprint density at radius 3 is 3.11 bits per heavy atom. The molecule has 1 radical (unpaired) electrons. The van der Waals surface area contributed by atoms with E-state index in [0.29, 0.717) is 12.2 Å². The van der Waals surface area contributed by atoms with Crippen LogP contribution in [0.2, 0.25) is 0 Å². The smallest absolute Gasteiger partial charge is 0.150 e. The van der Waals surface area contributed by atoms with Crippen LogP contribution in [0.5, 0.6) is 0 Å². The number of hydrogen-bond donors (Lipinski definition) is 1. The van der Waals surface area contributed by atoms with Crippen LogP contribution in [0, 0.1) is 0 Å². The van der Waals surface area contributed by atoms with Crippen molar-refractivity contribution in [2.24, 2.45) is 0 Å². The predicted molar refractivity (Wildman–Crippen MR) is 32.3 cm³/mol. The van der Waals surface area contributed by atoms with E-state index in [1.807, 2.05) is 6.92 Å². The van der Waals surface area contributed by atoms with Crippen molar-refractivity contribution < 1.29 is 5.11 Å². The van der Waals surface area contributed by atoms with Crippen molar-refractivity contribution in [3.05, 3.63) is 18.2 Å². The van der Waals surface area contributed by atoms with E-state index in [1.165, 1.54) is 0 Å². The molecule has 0 saturated carbocycles. The second-order valence-corrected chi connectivity index (χ2v) is 1.87. The Morgan fingerprint density at radius 1 is 1.89 bits per heavy atom. The molecular weight excluding hydrogens is 116 g/mol. The van der Waals surface area contributed by atoms with Gasteiger partial charge >= 0.3 is 0 Å². The summed E-state index contributed by atoms with van der Waals surface area (Å²) in [4.78, 5) is 6.58. The van der Waals surface area contributed by atoms with Crippen LogP contribution in [0.25, 0.3) is 0 Å². The van der Waals surface area contributed by atoms with Gasteiger partial charge in [0.2, 0.25) is 0 Å². The molecule has 1 N–H and O–H groups in total. The Morgan fingerprint density at radius 2 is 2.67 bits per heavy atom. The van der Waals surface area contributed by atoms with Crippen molar-refractivity contribution in [1.82, 2.24) is 9.97 Å². The minimum Gasteiger partial charge on any atom is -0.346 e. The van der Waals surface area contributed by atoms with Gasteiger partial charge < -0.3 is 4.98 Å². The molecule has 3 nitrogen and oxygen atoms in total. The summed E-state index contributed by atoms with van der Waals surface area (Å²) in [7, 11) is 0. The van der Waals surface area contributed by atoms with Gasteiger partial charge in [-0.25, -0.2) is 10.1 Å². The Bertz CT molecular complexity index is 160. The molecule has 9 heavy (non-hydrogen) atoms. The Hall–Kier alpha value is -0.830. The predicted octanol–water partition coefficient (Wildman–Crippen LogP) is 1.29. The van der Waals surface area contributed by atoms with E-state index >= 15 is 0 Å². The molecule has 0 aliphatic rings. The fraction of sp³-hybridized carbons (Fsp3) is 0.500. The molecule has 1 atom stereocenters. The Balaban J connectivity index is 2.65. The van der Waals surface area contributed by atoms with Crippen molar-refractivity contribution in [2.75, 3.05) is 0 Å². The molecule has 0 bridgehead atoms. The molecule has 1 heterocycles. The van der Waals surface area contributed by atoms with E-state index in [-0.39, 0.29) is 0 Å². The van der Waals surface area contributed by atoms with Gasteiger partial charge in [-0.05, 0) is 6.42 Å². The van der Waals surface area contributed by atoms with Gasteiger partial charge in [0.1, 0.15) is 5.82 Å². The third-order valence-corrected chi connectivity index (χ3v) is 1.20. The van der Waals surface area contributed by atoms with Crippen LogP contribution in [-0.2, 0) is 5.11 Å². The number of nitrogens with one attached hydrogen (secondary N) is 1. The van der Waals surface area contributed by atoms with Gasteiger partial charge in [0.15, 0.2) is 6.10 Å². The molecule has 0 aromatic carbocycles. The van der Waals surface area contributed by atoms with Crippen LogP contribution in [0.4, 0.5) is 0 Å². The molecule has 0 saturated heterocycles. The summed E-state index contributed by atoms with van der Waals surface area (Å²) in [5.41, 5.74) is 0. The number of H-pyrrole nitrogens is 1. The molecule has 1 aromatic rings. The monoisotopic (exact) mass is 125 g/mol. The summed E-state index contributed by atoms with van der Waals surface area (Å²) in [5.74, 6) is 0.539. The quantitative estimate of drug-likeness (QED) is 0.636. The number of imidazole rings is 1. The molecule has 0 aliphatic heterocycles. The first-order valence-electron chi connectivity index (χ1n) is 2.99. The highest BCUT2D eigenvalue weighted by Gasteiger charge is 2.06. The summed E-state index contributed by atoms with van der Waals surface area (Å²) in [6.07, 6.45) is 3.17. The highest BCUT2D eigenvalue weighted by molar-refractivity contribution is 4.90. The molecular formula is C6H9N2O. The summed E-state index contributed by atoms with van der Waals surface area (Å²) >= 11 is 0. The van der Waals surface area contributed by atoms with E-state index in [0.717, 1.165) is 0 Å². The fourth-order valence-electron chi connectivity index (χ4n) is 0.647. The SMILES string of the molecule is CCC([O])c1ncc[nH]1. The van der Waals surface area contributed by atoms with Crippen LogP contribution in [0.15, 0.2) is 12.4 Å². The van der Waals surface area contributed by atoms with E-state index in [2.05, 4.69) is 9.97 Å². The zero-order valence-corrected chi connectivity index (χ0v) is 5.29. The van der Waals surface area contributed by atoms with E-state index in [1.54, 1.807) is 12.4 Å². The zero-order valence-electron chi connectivity index (χ0n) is 5.29. The number of nitrogens with zero attached hydrogens (tertiary/aromatic N) is 1. The molecule has 0 amide bonds. The minimum absolute atomic E-state index is 0.539. The van der Waals surface area contributed by atoms with E-state index in [9.17, 15) is 5.11 Å². The molecule has 0 spiro atoms. The fourth-order valence-corrected chi connectivity index (χ4v) is 0.647.